The molecule has 1 rings (SSSR count). The number of nitro groups is 1. The van der Waals surface area contributed by atoms with Crippen molar-refractivity contribution in [3.63, 3.8) is 0 Å². The van der Waals surface area contributed by atoms with E-state index in [2.05, 4.69) is 19.2 Å². The summed E-state index contributed by atoms with van der Waals surface area (Å²) in [6.07, 6.45) is 0.906. The smallest absolute Gasteiger partial charge is 0.338 e. The van der Waals surface area contributed by atoms with Gasteiger partial charge in [-0.15, -0.1) is 11.8 Å². The number of nitro benzene ring substituents is 1. The first kappa shape index (κ1) is 24.4. The molecule has 0 aromatic heterocycles. The molecule has 3 amide bonds. The lowest BCUT2D eigenvalue weighted by Crippen LogP contribution is -2.49. The molecule has 0 aliphatic rings. The van der Waals surface area contributed by atoms with Gasteiger partial charge in [0.05, 0.1) is 15.4 Å². The average Bonchev–Trinajstić information content (AvgIpc) is 2.57. The fraction of sp³-hybridized carbons (Fsp3) is 0.526. The van der Waals surface area contributed by atoms with Gasteiger partial charge in [-0.1, -0.05) is 13.8 Å². The minimum Gasteiger partial charge on any atom is -0.452 e. The quantitative estimate of drug-likeness (QED) is 0.282. The molecule has 2 N–H and O–H groups in total. The van der Waals surface area contributed by atoms with Crippen molar-refractivity contribution in [3.8, 4) is 0 Å². The van der Waals surface area contributed by atoms with E-state index in [1.165, 1.54) is 23.9 Å². The van der Waals surface area contributed by atoms with E-state index in [4.69, 9.17) is 4.74 Å². The fourth-order valence-electron chi connectivity index (χ4n) is 2.06. The van der Waals surface area contributed by atoms with Gasteiger partial charge in [-0.05, 0) is 51.0 Å². The van der Waals surface area contributed by atoms with E-state index < -0.39 is 35.0 Å². The van der Waals surface area contributed by atoms with E-state index in [1.54, 1.807) is 20.8 Å². The van der Waals surface area contributed by atoms with Gasteiger partial charge in [0.15, 0.2) is 6.61 Å². The Balaban J connectivity index is 2.69. The van der Waals surface area contributed by atoms with Gasteiger partial charge in [-0.2, -0.15) is 0 Å². The predicted octanol–water partition coefficient (Wildman–Crippen LogP) is 3.51. The molecule has 1 aromatic carbocycles. The zero-order valence-electron chi connectivity index (χ0n) is 17.2. The van der Waals surface area contributed by atoms with Crippen molar-refractivity contribution in [2.45, 2.75) is 51.5 Å². The minimum atomic E-state index is -0.891. The van der Waals surface area contributed by atoms with Crippen molar-refractivity contribution in [2.24, 2.45) is 5.92 Å². The number of ether oxygens (including phenoxy) is 1. The van der Waals surface area contributed by atoms with Crippen LogP contribution in [0.15, 0.2) is 23.1 Å². The summed E-state index contributed by atoms with van der Waals surface area (Å²) in [6.45, 7) is 8.68. The molecule has 29 heavy (non-hydrogen) atoms. The molecule has 0 aliphatic heterocycles. The van der Waals surface area contributed by atoms with Crippen molar-refractivity contribution in [2.75, 3.05) is 12.4 Å². The lowest BCUT2D eigenvalue weighted by atomic mass is 10.1. The van der Waals surface area contributed by atoms with Crippen LogP contribution in [-0.2, 0) is 9.53 Å². The highest BCUT2D eigenvalue weighted by molar-refractivity contribution is 7.99. The van der Waals surface area contributed by atoms with Crippen molar-refractivity contribution in [3.05, 3.63) is 33.9 Å². The molecule has 0 bridgehead atoms. The van der Waals surface area contributed by atoms with Crippen molar-refractivity contribution >= 4 is 35.4 Å². The van der Waals surface area contributed by atoms with E-state index in [-0.39, 0.29) is 11.3 Å². The Morgan fingerprint density at radius 2 is 1.90 bits per heavy atom. The van der Waals surface area contributed by atoms with Gasteiger partial charge >= 0.3 is 12.0 Å². The molecule has 0 aliphatic carbocycles. The third-order valence-electron chi connectivity index (χ3n) is 3.42. The van der Waals surface area contributed by atoms with Crippen LogP contribution in [0, 0.1) is 16.0 Å². The second-order valence-electron chi connectivity index (χ2n) is 7.80. The summed E-state index contributed by atoms with van der Waals surface area (Å²) in [5, 5.41) is 15.9. The molecule has 0 unspecified atom stereocenters. The Labute approximate surface area is 174 Å². The minimum absolute atomic E-state index is 0.0446. The zero-order valence-corrected chi connectivity index (χ0v) is 18.1. The Hall–Kier alpha value is -2.62. The maximum atomic E-state index is 12.1. The van der Waals surface area contributed by atoms with Crippen LogP contribution >= 0.6 is 11.8 Å². The van der Waals surface area contributed by atoms with Crippen molar-refractivity contribution in [1.29, 1.82) is 0 Å². The largest absolute Gasteiger partial charge is 0.452 e. The number of nitrogens with zero attached hydrogens (tertiary/aromatic N) is 1. The van der Waals surface area contributed by atoms with Crippen LogP contribution in [0.1, 0.15) is 51.4 Å². The van der Waals surface area contributed by atoms with Crippen LogP contribution in [-0.4, -0.2) is 40.7 Å². The van der Waals surface area contributed by atoms with Gasteiger partial charge in [0.2, 0.25) is 0 Å². The van der Waals surface area contributed by atoms with Crippen molar-refractivity contribution < 1.29 is 24.0 Å². The highest BCUT2D eigenvalue weighted by Gasteiger charge is 2.20. The Kier molecular flexibility index (Phi) is 9.09. The van der Waals surface area contributed by atoms with Crippen LogP contribution in [0.3, 0.4) is 0 Å². The second kappa shape index (κ2) is 10.8. The maximum absolute atomic E-state index is 12.1. The number of carbonyl (C=O) groups excluding carboxylic acids is 3. The molecule has 0 atom stereocenters. The Morgan fingerprint density at radius 1 is 1.24 bits per heavy atom. The molecular formula is C19H27N3O6S. The van der Waals surface area contributed by atoms with Crippen LogP contribution in [0.2, 0.25) is 0 Å². The van der Waals surface area contributed by atoms with Gasteiger partial charge in [0.1, 0.15) is 0 Å². The molecule has 0 spiro atoms. The normalized spacial score (nSPS) is 11.1. The van der Waals surface area contributed by atoms with E-state index in [0.717, 1.165) is 18.2 Å². The molecule has 0 heterocycles. The Bertz CT molecular complexity index is 774. The molecule has 0 radical (unpaired) electrons. The summed E-state index contributed by atoms with van der Waals surface area (Å²) < 4.78 is 4.85. The lowest BCUT2D eigenvalue weighted by Gasteiger charge is -2.20. The van der Waals surface area contributed by atoms with Gasteiger partial charge in [0, 0.05) is 11.6 Å². The maximum Gasteiger partial charge on any atom is 0.338 e. The van der Waals surface area contributed by atoms with E-state index in [9.17, 15) is 24.5 Å². The van der Waals surface area contributed by atoms with E-state index in [1.807, 2.05) is 5.32 Å². The van der Waals surface area contributed by atoms with Crippen LogP contribution in [0.25, 0.3) is 0 Å². The number of imide groups is 1. The van der Waals surface area contributed by atoms with Crippen LogP contribution < -0.4 is 10.6 Å². The first-order valence-electron chi connectivity index (χ1n) is 9.09. The summed E-state index contributed by atoms with van der Waals surface area (Å²) in [5.41, 5.74) is -0.770. The Morgan fingerprint density at radius 3 is 2.45 bits per heavy atom. The summed E-state index contributed by atoms with van der Waals surface area (Å²) in [7, 11) is 0. The van der Waals surface area contributed by atoms with Crippen molar-refractivity contribution in [1.82, 2.24) is 10.6 Å². The van der Waals surface area contributed by atoms with Crippen LogP contribution in [0.4, 0.5) is 10.5 Å². The van der Waals surface area contributed by atoms with Gasteiger partial charge < -0.3 is 10.1 Å². The average molecular weight is 426 g/mol. The topological polar surface area (TPSA) is 128 Å². The van der Waals surface area contributed by atoms with E-state index >= 15 is 0 Å². The van der Waals surface area contributed by atoms with Crippen LogP contribution in [0.5, 0.6) is 0 Å². The number of nitrogens with one attached hydrogen (secondary N) is 2. The van der Waals surface area contributed by atoms with Gasteiger partial charge in [-0.25, -0.2) is 9.59 Å². The van der Waals surface area contributed by atoms with Gasteiger partial charge in [-0.3, -0.25) is 20.2 Å². The standard InChI is InChI=1S/C19H27N3O6S/c1-12(2)8-9-29-15-7-6-13(10-14(15)22(26)27)17(24)28-11-16(23)20-18(25)21-19(3,4)5/h6-7,10,12H,8-9,11H2,1-5H3,(H2,20,21,23,25). The zero-order chi connectivity index (χ0) is 22.2. The lowest BCUT2D eigenvalue weighted by molar-refractivity contribution is -0.387. The highest BCUT2D eigenvalue weighted by atomic mass is 32.2. The molecule has 160 valence electrons. The number of amides is 3. The van der Waals surface area contributed by atoms with E-state index in [0.29, 0.717) is 10.8 Å². The fourth-order valence-corrected chi connectivity index (χ4v) is 3.32. The summed E-state index contributed by atoms with van der Waals surface area (Å²) >= 11 is 1.35. The molecule has 0 fully saturated rings. The number of thioether (sulfide) groups is 1. The summed E-state index contributed by atoms with van der Waals surface area (Å²) in [5.74, 6) is -0.500. The third kappa shape index (κ3) is 9.42. The molecule has 10 heteroatoms. The first-order chi connectivity index (χ1) is 13.4. The highest BCUT2D eigenvalue weighted by Crippen LogP contribution is 2.31. The second-order valence-corrected chi connectivity index (χ2v) is 8.94. The SMILES string of the molecule is CC(C)CCSc1ccc(C(=O)OCC(=O)NC(=O)NC(C)(C)C)cc1[N+](=O)[O-]. The molecule has 9 nitrogen and oxygen atoms in total. The monoisotopic (exact) mass is 425 g/mol. The molecule has 1 aromatic rings. The summed E-state index contributed by atoms with van der Waals surface area (Å²) in [6, 6.07) is 3.33. The summed E-state index contributed by atoms with van der Waals surface area (Å²) in [4.78, 5) is 46.7. The van der Waals surface area contributed by atoms with Gasteiger partial charge in [0.25, 0.3) is 11.6 Å². The number of urea groups is 1. The number of benzene rings is 1. The number of esters is 1. The molecular weight excluding hydrogens is 398 g/mol. The number of hydrogen-bond donors (Lipinski definition) is 2. The number of rotatable bonds is 8. The number of carbonyl (C=O) groups is 3. The molecule has 0 saturated heterocycles. The third-order valence-corrected chi connectivity index (χ3v) is 4.52. The predicted molar refractivity (Wildman–Crippen MR) is 110 cm³/mol. The first-order valence-corrected chi connectivity index (χ1v) is 10.1. The molecule has 0 saturated carbocycles. The number of hydrogen-bond acceptors (Lipinski definition) is 7.